The third kappa shape index (κ3) is 6.30. The van der Waals surface area contributed by atoms with Crippen molar-refractivity contribution in [1.82, 2.24) is 14.7 Å². The van der Waals surface area contributed by atoms with Gasteiger partial charge in [0, 0.05) is 34.2 Å². The fraction of sp³-hybridized carbons (Fsp3) is 0.938. The maximum Gasteiger partial charge on any atom is 0.195 e. The summed E-state index contributed by atoms with van der Waals surface area (Å²) >= 11 is 0. The molecule has 0 aromatic heterocycles. The molecule has 0 bridgehead atoms. The van der Waals surface area contributed by atoms with E-state index in [2.05, 4.69) is 56.7 Å². The number of hydrogen-bond donors (Lipinski definition) is 0. The van der Waals surface area contributed by atoms with Crippen LogP contribution >= 0.6 is 24.0 Å². The minimum absolute atomic E-state index is 0. The quantitative estimate of drug-likeness (QED) is 0.382. The number of guanidine groups is 1. The van der Waals surface area contributed by atoms with Gasteiger partial charge in [-0.3, -0.25) is 9.89 Å². The van der Waals surface area contributed by atoms with Crippen molar-refractivity contribution in [1.29, 1.82) is 0 Å². The van der Waals surface area contributed by atoms with E-state index in [0.29, 0.717) is 6.04 Å². The highest BCUT2D eigenvalue weighted by Gasteiger charge is 2.27. The molecular formula is C16H35IN4. The first-order valence-corrected chi connectivity index (χ1v) is 8.14. The smallest absolute Gasteiger partial charge is 0.195 e. The van der Waals surface area contributed by atoms with Gasteiger partial charge in [0.2, 0.25) is 0 Å². The number of rotatable bonds is 6. The van der Waals surface area contributed by atoms with E-state index in [0.717, 1.165) is 18.4 Å². The molecule has 0 aliphatic carbocycles. The second kappa shape index (κ2) is 10.6. The number of likely N-dealkylation sites (tertiary alicyclic amines) is 1. The Labute approximate surface area is 149 Å². The maximum absolute atomic E-state index is 4.91. The molecule has 1 aliphatic heterocycles. The molecule has 0 radical (unpaired) electrons. The molecule has 5 heteroatoms. The van der Waals surface area contributed by atoms with Crippen LogP contribution in [0.5, 0.6) is 0 Å². The van der Waals surface area contributed by atoms with Crippen LogP contribution in [0.25, 0.3) is 0 Å². The first kappa shape index (κ1) is 21.0. The third-order valence-electron chi connectivity index (χ3n) is 4.42. The predicted octanol–water partition coefficient (Wildman–Crippen LogP) is 2.98. The van der Waals surface area contributed by atoms with Gasteiger partial charge in [0.05, 0.1) is 6.54 Å². The zero-order chi connectivity index (χ0) is 15.1. The molecule has 0 aromatic rings. The van der Waals surface area contributed by atoms with Crippen LogP contribution in [0.3, 0.4) is 0 Å². The first-order chi connectivity index (χ1) is 9.51. The Bertz CT molecular complexity index is 283. The van der Waals surface area contributed by atoms with Crippen molar-refractivity contribution in [3.8, 4) is 0 Å². The van der Waals surface area contributed by atoms with E-state index in [9.17, 15) is 0 Å². The minimum atomic E-state index is 0. The summed E-state index contributed by atoms with van der Waals surface area (Å²) in [5, 5.41) is 0. The zero-order valence-electron chi connectivity index (χ0n) is 14.8. The summed E-state index contributed by atoms with van der Waals surface area (Å²) in [7, 11) is 8.28. The Morgan fingerprint density at radius 1 is 1.00 bits per heavy atom. The van der Waals surface area contributed by atoms with E-state index in [1.165, 1.54) is 38.8 Å². The molecule has 21 heavy (non-hydrogen) atoms. The second-order valence-electron chi connectivity index (χ2n) is 6.32. The Morgan fingerprint density at radius 2 is 1.48 bits per heavy atom. The molecule has 1 atom stereocenters. The van der Waals surface area contributed by atoms with Gasteiger partial charge in [0.1, 0.15) is 0 Å². The summed E-state index contributed by atoms with van der Waals surface area (Å²) in [5.74, 6) is 1.84. The summed E-state index contributed by atoms with van der Waals surface area (Å²) in [6.45, 7) is 8.09. The molecular weight excluding hydrogens is 375 g/mol. The van der Waals surface area contributed by atoms with Crippen LogP contribution in [0.1, 0.15) is 39.5 Å². The molecule has 126 valence electrons. The fourth-order valence-corrected chi connectivity index (χ4v) is 3.33. The van der Waals surface area contributed by atoms with Crippen LogP contribution in [0, 0.1) is 5.92 Å². The normalized spacial score (nSPS) is 16.5. The van der Waals surface area contributed by atoms with Crippen molar-refractivity contribution in [2.24, 2.45) is 10.9 Å². The lowest BCUT2D eigenvalue weighted by atomic mass is 9.93. The van der Waals surface area contributed by atoms with Gasteiger partial charge in [-0.2, -0.15) is 0 Å². The molecule has 0 amide bonds. The SMILES string of the molecule is CCC(CC)C(CN=C(N(C)C)N(C)C)N1CCCC1.I. The fourth-order valence-electron chi connectivity index (χ4n) is 3.33. The summed E-state index contributed by atoms with van der Waals surface area (Å²) in [6, 6.07) is 0.613. The van der Waals surface area contributed by atoms with Crippen LogP contribution in [0.15, 0.2) is 4.99 Å². The first-order valence-electron chi connectivity index (χ1n) is 8.14. The van der Waals surface area contributed by atoms with Crippen molar-refractivity contribution in [2.45, 2.75) is 45.6 Å². The Hall–Kier alpha value is -0.0400. The van der Waals surface area contributed by atoms with Crippen molar-refractivity contribution in [2.75, 3.05) is 47.8 Å². The lowest BCUT2D eigenvalue weighted by Gasteiger charge is -2.33. The molecule has 1 rings (SSSR count). The van der Waals surface area contributed by atoms with Gasteiger partial charge in [-0.25, -0.2) is 0 Å². The summed E-state index contributed by atoms with van der Waals surface area (Å²) in [4.78, 5) is 11.8. The molecule has 0 saturated carbocycles. The molecule has 0 spiro atoms. The standard InChI is InChI=1S/C16H34N4.HI/c1-7-14(8-2)15(20-11-9-10-12-20)13-17-16(18(3)4)19(5)6;/h14-15H,7-13H2,1-6H3;1H. The van der Waals surface area contributed by atoms with Gasteiger partial charge >= 0.3 is 0 Å². The molecule has 1 saturated heterocycles. The second-order valence-corrected chi connectivity index (χ2v) is 6.32. The van der Waals surface area contributed by atoms with Crippen molar-refractivity contribution in [3.63, 3.8) is 0 Å². The highest BCUT2D eigenvalue weighted by molar-refractivity contribution is 14.0. The van der Waals surface area contributed by atoms with E-state index in [1.807, 2.05) is 0 Å². The topological polar surface area (TPSA) is 22.1 Å². The van der Waals surface area contributed by atoms with Gasteiger partial charge in [0.15, 0.2) is 5.96 Å². The number of nitrogens with zero attached hydrogens (tertiary/aromatic N) is 4. The summed E-state index contributed by atoms with van der Waals surface area (Å²) in [5.41, 5.74) is 0. The summed E-state index contributed by atoms with van der Waals surface area (Å²) in [6.07, 6.45) is 5.22. The Balaban J connectivity index is 0.00000400. The third-order valence-corrected chi connectivity index (χ3v) is 4.42. The van der Waals surface area contributed by atoms with Gasteiger partial charge in [-0.15, -0.1) is 24.0 Å². The predicted molar refractivity (Wildman–Crippen MR) is 104 cm³/mol. The van der Waals surface area contributed by atoms with Gasteiger partial charge in [0.25, 0.3) is 0 Å². The monoisotopic (exact) mass is 410 g/mol. The molecule has 1 aliphatic rings. The van der Waals surface area contributed by atoms with Crippen LogP contribution < -0.4 is 0 Å². The average molecular weight is 410 g/mol. The maximum atomic E-state index is 4.91. The largest absolute Gasteiger partial charge is 0.349 e. The highest BCUT2D eigenvalue weighted by Crippen LogP contribution is 2.23. The lowest BCUT2D eigenvalue weighted by Crippen LogP contribution is -2.42. The molecule has 0 aromatic carbocycles. The van der Waals surface area contributed by atoms with E-state index in [1.54, 1.807) is 0 Å². The van der Waals surface area contributed by atoms with Gasteiger partial charge < -0.3 is 9.80 Å². The van der Waals surface area contributed by atoms with Crippen LogP contribution in [0.4, 0.5) is 0 Å². The average Bonchev–Trinajstić information content (AvgIpc) is 2.90. The van der Waals surface area contributed by atoms with Crippen molar-refractivity contribution in [3.05, 3.63) is 0 Å². The number of hydrogen-bond acceptors (Lipinski definition) is 2. The van der Waals surface area contributed by atoms with E-state index >= 15 is 0 Å². The molecule has 0 N–H and O–H groups in total. The van der Waals surface area contributed by atoms with E-state index in [4.69, 9.17) is 4.99 Å². The van der Waals surface area contributed by atoms with Crippen LogP contribution in [-0.2, 0) is 0 Å². The highest BCUT2D eigenvalue weighted by atomic mass is 127. The minimum Gasteiger partial charge on any atom is -0.349 e. The van der Waals surface area contributed by atoms with E-state index in [-0.39, 0.29) is 24.0 Å². The zero-order valence-corrected chi connectivity index (χ0v) is 17.1. The van der Waals surface area contributed by atoms with Crippen LogP contribution in [-0.4, -0.2) is 74.5 Å². The van der Waals surface area contributed by atoms with Crippen molar-refractivity contribution < 1.29 is 0 Å². The molecule has 1 unspecified atom stereocenters. The molecule has 1 fully saturated rings. The number of aliphatic imine (C=N–C) groups is 1. The molecule has 1 heterocycles. The summed E-state index contributed by atoms with van der Waals surface area (Å²) < 4.78 is 0. The van der Waals surface area contributed by atoms with Gasteiger partial charge in [-0.1, -0.05) is 26.7 Å². The Morgan fingerprint density at radius 3 is 1.86 bits per heavy atom. The van der Waals surface area contributed by atoms with Crippen molar-refractivity contribution >= 4 is 29.9 Å². The molecule has 4 nitrogen and oxygen atoms in total. The van der Waals surface area contributed by atoms with Gasteiger partial charge in [-0.05, 0) is 31.8 Å². The Kier molecular flexibility index (Phi) is 10.6. The van der Waals surface area contributed by atoms with E-state index < -0.39 is 0 Å². The van der Waals surface area contributed by atoms with Crippen LogP contribution in [0.2, 0.25) is 0 Å². The number of halogens is 1. The lowest BCUT2D eigenvalue weighted by molar-refractivity contribution is 0.171.